The van der Waals surface area contributed by atoms with Crippen molar-refractivity contribution >= 4 is 27.8 Å². The lowest BCUT2D eigenvalue weighted by molar-refractivity contribution is -0.119. The summed E-state index contributed by atoms with van der Waals surface area (Å²) in [6, 6.07) is 24.8. The molecule has 1 amide bonds. The lowest BCUT2D eigenvalue weighted by Gasteiger charge is -2.22. The highest BCUT2D eigenvalue weighted by Gasteiger charge is 2.33. The van der Waals surface area contributed by atoms with Gasteiger partial charge in [-0.15, -0.1) is 0 Å². The highest BCUT2D eigenvalue weighted by Crippen LogP contribution is 2.26. The van der Waals surface area contributed by atoms with Crippen LogP contribution in [0.3, 0.4) is 0 Å². The smallest absolute Gasteiger partial charge is 0.296 e. The zero-order valence-corrected chi connectivity index (χ0v) is 27.0. The van der Waals surface area contributed by atoms with Gasteiger partial charge in [0.15, 0.2) is 0 Å². The Morgan fingerprint density at radius 3 is 2.18 bits per heavy atom. The second-order valence-electron chi connectivity index (χ2n) is 11.0. The van der Waals surface area contributed by atoms with Crippen molar-refractivity contribution < 1.29 is 13.2 Å². The number of sulfonamides is 1. The number of nitrogens with one attached hydrogen (secondary N) is 1. The molecule has 0 aliphatic heterocycles. The van der Waals surface area contributed by atoms with Gasteiger partial charge < -0.3 is 4.57 Å². The number of carbonyl (C=O) groups excluding carboxylic acids is 1. The van der Waals surface area contributed by atoms with Crippen LogP contribution in [0, 0.1) is 34.6 Å². The molecule has 0 radical (unpaired) electrons. The first-order valence-corrected chi connectivity index (χ1v) is 15.9. The molecular weight excluding hydrogens is 588 g/mol. The van der Waals surface area contributed by atoms with Crippen molar-refractivity contribution in [2.24, 2.45) is 12.1 Å². The largest absolute Gasteiger partial charge is 0.318 e. The van der Waals surface area contributed by atoms with Crippen molar-refractivity contribution in [2.75, 3.05) is 10.8 Å². The third-order valence-corrected chi connectivity index (χ3v) is 9.61. The Morgan fingerprint density at radius 2 is 1.53 bits per heavy atom. The predicted octanol–water partition coefficient (Wildman–Crippen LogP) is 4.85. The average molecular weight is 625 g/mol. The molecule has 232 valence electrons. The van der Waals surface area contributed by atoms with Gasteiger partial charge in [-0.1, -0.05) is 54.1 Å². The van der Waals surface area contributed by atoms with Gasteiger partial charge in [0, 0.05) is 29.7 Å². The molecule has 1 N–H and O–H groups in total. The number of rotatable bonds is 9. The van der Waals surface area contributed by atoms with E-state index in [-0.39, 0.29) is 10.6 Å². The molecule has 0 bridgehead atoms. The summed E-state index contributed by atoms with van der Waals surface area (Å²) in [5, 5.41) is 4.16. The number of hydrazone groups is 1. The maximum absolute atomic E-state index is 13.9. The van der Waals surface area contributed by atoms with E-state index in [4.69, 9.17) is 0 Å². The summed E-state index contributed by atoms with van der Waals surface area (Å²) >= 11 is 0. The zero-order chi connectivity index (χ0) is 32.5. The van der Waals surface area contributed by atoms with E-state index in [0.29, 0.717) is 11.4 Å². The molecule has 0 aliphatic carbocycles. The molecule has 3 aromatic carbocycles. The number of nitrogens with zero attached hydrogens (tertiary/aromatic N) is 5. The van der Waals surface area contributed by atoms with E-state index in [1.807, 2.05) is 26.0 Å². The van der Waals surface area contributed by atoms with Gasteiger partial charge in [-0.05, 0) is 76.6 Å². The third-order valence-electron chi connectivity index (χ3n) is 7.85. The second kappa shape index (κ2) is 12.4. The molecule has 0 spiro atoms. The maximum atomic E-state index is 13.9. The fraction of sp³-hybridized carbons (Fsp3) is 0.206. The molecule has 5 rings (SSSR count). The summed E-state index contributed by atoms with van der Waals surface area (Å²) in [4.78, 5) is 27.1. The van der Waals surface area contributed by atoms with Crippen LogP contribution in [0.2, 0.25) is 0 Å². The molecule has 2 aromatic heterocycles. The van der Waals surface area contributed by atoms with Crippen molar-refractivity contribution in [1.82, 2.24) is 19.4 Å². The van der Waals surface area contributed by atoms with E-state index in [9.17, 15) is 18.0 Å². The van der Waals surface area contributed by atoms with Gasteiger partial charge in [0.05, 0.1) is 22.5 Å². The van der Waals surface area contributed by atoms with E-state index in [1.54, 1.807) is 61.1 Å². The van der Waals surface area contributed by atoms with Gasteiger partial charge in [-0.25, -0.2) is 22.8 Å². The molecule has 0 atom stereocenters. The first-order valence-electron chi connectivity index (χ1n) is 14.4. The topological polar surface area (TPSA) is 111 Å². The van der Waals surface area contributed by atoms with Gasteiger partial charge in [-0.2, -0.15) is 5.10 Å². The van der Waals surface area contributed by atoms with Crippen LogP contribution in [-0.4, -0.2) is 41.0 Å². The Hall–Kier alpha value is -5.16. The number of anilines is 1. The van der Waals surface area contributed by atoms with Crippen molar-refractivity contribution in [3.63, 3.8) is 0 Å². The standard InChI is InChI=1S/C34H36N6O4S/c1-23-17-18-31(24(2)19-23)39-25(3)20-28(26(39)4)21-35-36-32(41)22-38(45(43,44)30-15-11-8-12-16-30)33-27(5)37(6)40(34(33)42)29-13-9-7-10-14-29/h7-21H,22H2,1-6H3,(H,36,41)/b35-21-. The van der Waals surface area contributed by atoms with Gasteiger partial charge in [0.25, 0.3) is 21.5 Å². The number of para-hydroxylation sites is 1. The molecule has 45 heavy (non-hydrogen) atoms. The molecule has 0 saturated heterocycles. The summed E-state index contributed by atoms with van der Waals surface area (Å²) in [5.74, 6) is -0.706. The van der Waals surface area contributed by atoms with E-state index in [0.717, 1.165) is 32.5 Å². The molecular formula is C34H36N6O4S. The number of hydrogen-bond donors (Lipinski definition) is 1. The number of amides is 1. The van der Waals surface area contributed by atoms with Crippen molar-refractivity contribution in [3.05, 3.63) is 129 Å². The van der Waals surface area contributed by atoms with Crippen molar-refractivity contribution in [1.29, 1.82) is 0 Å². The van der Waals surface area contributed by atoms with E-state index >= 15 is 0 Å². The SMILES string of the molecule is Cc1ccc(-n2c(C)cc(/C=N\NC(=O)CN(c3c(C)n(C)n(-c4ccccc4)c3=O)S(=O)(=O)c3ccccc3)c2C)c(C)c1. The highest BCUT2D eigenvalue weighted by atomic mass is 32.2. The summed E-state index contributed by atoms with van der Waals surface area (Å²) in [7, 11) is -2.65. The maximum Gasteiger partial charge on any atom is 0.296 e. The number of benzene rings is 3. The van der Waals surface area contributed by atoms with Crippen molar-refractivity contribution in [3.8, 4) is 11.4 Å². The summed E-state index contributed by atoms with van der Waals surface area (Å²) in [5.41, 5.74) is 8.80. The quantitative estimate of drug-likeness (QED) is 0.187. The van der Waals surface area contributed by atoms with Crippen LogP contribution < -0.4 is 15.3 Å². The van der Waals surface area contributed by atoms with Crippen molar-refractivity contribution in [2.45, 2.75) is 39.5 Å². The summed E-state index contributed by atoms with van der Waals surface area (Å²) in [6.07, 6.45) is 1.53. The average Bonchev–Trinajstić information content (AvgIpc) is 3.41. The number of aromatic nitrogens is 3. The minimum atomic E-state index is -4.31. The van der Waals surface area contributed by atoms with E-state index < -0.39 is 28.0 Å². The predicted molar refractivity (Wildman–Crippen MR) is 177 cm³/mol. The van der Waals surface area contributed by atoms with E-state index in [1.165, 1.54) is 28.6 Å². The molecule has 0 saturated carbocycles. The minimum Gasteiger partial charge on any atom is -0.318 e. The number of carbonyl (C=O) groups is 1. The lowest BCUT2D eigenvalue weighted by atomic mass is 10.1. The first kappa shape index (κ1) is 31.3. The number of aryl methyl sites for hydroxylation is 3. The fourth-order valence-electron chi connectivity index (χ4n) is 5.53. The third kappa shape index (κ3) is 5.99. The summed E-state index contributed by atoms with van der Waals surface area (Å²) < 4.78 is 33.8. The van der Waals surface area contributed by atoms with Gasteiger partial charge in [0.1, 0.15) is 12.2 Å². The fourth-order valence-corrected chi connectivity index (χ4v) is 7.02. The Balaban J connectivity index is 1.47. The van der Waals surface area contributed by atoms with Crippen LogP contribution in [0.1, 0.15) is 33.8 Å². The zero-order valence-electron chi connectivity index (χ0n) is 26.1. The minimum absolute atomic E-state index is 0.0472. The Bertz CT molecular complexity index is 2070. The molecule has 2 heterocycles. The Labute approximate surface area is 262 Å². The molecule has 0 fully saturated rings. The molecule has 0 unspecified atom stereocenters. The van der Waals surface area contributed by atoms with Crippen LogP contribution in [0.25, 0.3) is 11.4 Å². The Morgan fingerprint density at radius 1 is 0.889 bits per heavy atom. The monoisotopic (exact) mass is 624 g/mol. The van der Waals surface area contributed by atoms with Crippen LogP contribution >= 0.6 is 0 Å². The highest BCUT2D eigenvalue weighted by molar-refractivity contribution is 7.92. The van der Waals surface area contributed by atoms with Gasteiger partial charge in [-0.3, -0.25) is 14.3 Å². The van der Waals surface area contributed by atoms with E-state index in [2.05, 4.69) is 47.1 Å². The van der Waals surface area contributed by atoms with Gasteiger partial charge in [0.2, 0.25) is 0 Å². The lowest BCUT2D eigenvalue weighted by Crippen LogP contribution is -2.42. The van der Waals surface area contributed by atoms with Crippen LogP contribution in [-0.2, 0) is 21.9 Å². The molecule has 10 nitrogen and oxygen atoms in total. The number of hydrogen-bond acceptors (Lipinski definition) is 5. The second-order valence-corrected chi connectivity index (χ2v) is 12.8. The first-order chi connectivity index (χ1) is 21.4. The molecule has 11 heteroatoms. The summed E-state index contributed by atoms with van der Waals surface area (Å²) in [6.45, 7) is 9.07. The molecule has 0 aliphatic rings. The van der Waals surface area contributed by atoms with Gasteiger partial charge >= 0.3 is 0 Å². The van der Waals surface area contributed by atoms with Crippen LogP contribution in [0.15, 0.2) is 99.7 Å². The van der Waals surface area contributed by atoms with Crippen LogP contribution in [0.5, 0.6) is 0 Å². The normalized spacial score (nSPS) is 11.7. The Kier molecular flexibility index (Phi) is 8.65. The van der Waals surface area contributed by atoms with Crippen LogP contribution in [0.4, 0.5) is 5.69 Å². The molecule has 5 aromatic rings.